The predicted octanol–water partition coefficient (Wildman–Crippen LogP) is 4.98. The molecule has 0 radical (unpaired) electrons. The molecule has 1 saturated heterocycles. The van der Waals surface area contributed by atoms with E-state index >= 15 is 0 Å². The summed E-state index contributed by atoms with van der Waals surface area (Å²) in [5, 5.41) is 4.08. The fourth-order valence-electron chi connectivity index (χ4n) is 4.58. The Kier molecular flexibility index (Phi) is 6.44. The molecule has 166 valence electrons. The molecule has 0 aromatic heterocycles. The summed E-state index contributed by atoms with van der Waals surface area (Å²) in [7, 11) is 1.65. The molecule has 2 aromatic carbocycles. The van der Waals surface area contributed by atoms with E-state index in [-0.39, 0.29) is 23.5 Å². The van der Waals surface area contributed by atoms with Gasteiger partial charge < -0.3 is 14.8 Å². The summed E-state index contributed by atoms with van der Waals surface area (Å²) in [6.07, 6.45) is 2.50. The Hall–Kier alpha value is -2.24. The molecular weight excluding hydrogens is 412 g/mol. The molecule has 0 bridgehead atoms. The van der Waals surface area contributed by atoms with Crippen molar-refractivity contribution in [3.05, 3.63) is 58.6 Å². The summed E-state index contributed by atoms with van der Waals surface area (Å²) in [6, 6.07) is 13.8. The van der Waals surface area contributed by atoms with Crippen molar-refractivity contribution in [3.8, 4) is 11.5 Å². The summed E-state index contributed by atoms with van der Waals surface area (Å²) in [5.41, 5.74) is 1.93. The summed E-state index contributed by atoms with van der Waals surface area (Å²) in [6.45, 7) is 6.87. The van der Waals surface area contributed by atoms with E-state index in [0.717, 1.165) is 61.0 Å². The zero-order valence-corrected chi connectivity index (χ0v) is 19.2. The van der Waals surface area contributed by atoms with Crippen LogP contribution in [0.5, 0.6) is 11.5 Å². The second-order valence-corrected chi connectivity index (χ2v) is 9.64. The number of hydrogen-bond donors (Lipinski definition) is 1. The first-order chi connectivity index (χ1) is 14.8. The number of amides is 1. The van der Waals surface area contributed by atoms with Crippen LogP contribution in [0.2, 0.25) is 5.02 Å². The van der Waals surface area contributed by atoms with E-state index < -0.39 is 0 Å². The van der Waals surface area contributed by atoms with Crippen molar-refractivity contribution in [1.82, 2.24) is 10.2 Å². The number of likely N-dealkylation sites (tertiary alicyclic amines) is 1. The third kappa shape index (κ3) is 5.34. The molecule has 0 saturated carbocycles. The van der Waals surface area contributed by atoms with Gasteiger partial charge in [-0.05, 0) is 69.6 Å². The van der Waals surface area contributed by atoms with Crippen LogP contribution < -0.4 is 14.8 Å². The minimum absolute atomic E-state index is 0.0501. The highest BCUT2D eigenvalue weighted by atomic mass is 35.5. The van der Waals surface area contributed by atoms with Crippen LogP contribution in [0.4, 0.5) is 0 Å². The molecule has 2 aromatic rings. The van der Waals surface area contributed by atoms with Crippen LogP contribution in [0.3, 0.4) is 0 Å². The first-order valence-electron chi connectivity index (χ1n) is 11.0. The van der Waals surface area contributed by atoms with E-state index in [9.17, 15) is 4.79 Å². The SMILES string of the molecule is COc1ccc2c(c1)OC(C)(C)CC2NC(=O)C1CCN(Cc2ccc(Cl)cc2)CC1. The number of carbonyl (C=O) groups is 1. The number of nitrogens with zero attached hydrogens (tertiary/aromatic N) is 1. The Labute approximate surface area is 189 Å². The average Bonchev–Trinajstić information content (AvgIpc) is 2.74. The van der Waals surface area contributed by atoms with Gasteiger partial charge in [0, 0.05) is 35.5 Å². The molecule has 2 aliphatic heterocycles. The maximum atomic E-state index is 13.1. The number of rotatable bonds is 5. The zero-order chi connectivity index (χ0) is 22.0. The van der Waals surface area contributed by atoms with E-state index in [0.29, 0.717) is 0 Å². The van der Waals surface area contributed by atoms with Gasteiger partial charge in [-0.25, -0.2) is 0 Å². The normalized spacial score (nSPS) is 21.1. The number of benzene rings is 2. The third-order valence-electron chi connectivity index (χ3n) is 6.27. The Morgan fingerprint density at radius 3 is 2.58 bits per heavy atom. The van der Waals surface area contributed by atoms with E-state index in [1.54, 1.807) is 7.11 Å². The van der Waals surface area contributed by atoms with Crippen molar-refractivity contribution in [1.29, 1.82) is 0 Å². The molecule has 6 heteroatoms. The number of hydrogen-bond acceptors (Lipinski definition) is 4. The smallest absolute Gasteiger partial charge is 0.223 e. The number of carbonyl (C=O) groups excluding carboxylic acids is 1. The average molecular weight is 443 g/mol. The molecule has 1 atom stereocenters. The monoisotopic (exact) mass is 442 g/mol. The summed E-state index contributed by atoms with van der Waals surface area (Å²) >= 11 is 5.98. The molecule has 1 N–H and O–H groups in total. The summed E-state index contributed by atoms with van der Waals surface area (Å²) in [5.74, 6) is 1.75. The standard InChI is InChI=1S/C25H31ClN2O3/c1-25(2)15-22(21-9-8-20(30-3)14-23(21)31-25)27-24(29)18-10-12-28(13-11-18)16-17-4-6-19(26)7-5-17/h4-9,14,18,22H,10-13,15-16H2,1-3H3,(H,27,29). The highest BCUT2D eigenvalue weighted by Crippen LogP contribution is 2.41. The Balaban J connectivity index is 1.36. The van der Waals surface area contributed by atoms with Crippen molar-refractivity contribution < 1.29 is 14.3 Å². The van der Waals surface area contributed by atoms with Crippen molar-refractivity contribution in [2.24, 2.45) is 5.92 Å². The lowest BCUT2D eigenvalue weighted by Crippen LogP contribution is -2.45. The first-order valence-corrected chi connectivity index (χ1v) is 11.3. The maximum absolute atomic E-state index is 13.1. The van der Waals surface area contributed by atoms with Crippen LogP contribution >= 0.6 is 11.6 Å². The van der Waals surface area contributed by atoms with Gasteiger partial charge in [0.2, 0.25) is 5.91 Å². The van der Waals surface area contributed by atoms with Gasteiger partial charge in [-0.15, -0.1) is 0 Å². The molecule has 0 spiro atoms. The number of ether oxygens (including phenoxy) is 2. The van der Waals surface area contributed by atoms with Crippen molar-refractivity contribution in [2.45, 2.75) is 51.3 Å². The van der Waals surface area contributed by atoms with E-state index in [4.69, 9.17) is 21.1 Å². The highest BCUT2D eigenvalue weighted by molar-refractivity contribution is 6.30. The number of fused-ring (bicyclic) bond motifs is 1. The topological polar surface area (TPSA) is 50.8 Å². The second kappa shape index (κ2) is 9.09. The van der Waals surface area contributed by atoms with Crippen molar-refractivity contribution >= 4 is 17.5 Å². The van der Waals surface area contributed by atoms with Gasteiger partial charge >= 0.3 is 0 Å². The molecule has 4 rings (SSSR count). The molecule has 5 nitrogen and oxygen atoms in total. The predicted molar refractivity (Wildman–Crippen MR) is 123 cm³/mol. The van der Waals surface area contributed by atoms with Crippen LogP contribution in [0, 0.1) is 5.92 Å². The fraction of sp³-hybridized carbons (Fsp3) is 0.480. The molecule has 0 aliphatic carbocycles. The van der Waals surface area contributed by atoms with Gasteiger partial charge in [0.25, 0.3) is 0 Å². The van der Waals surface area contributed by atoms with Crippen molar-refractivity contribution in [3.63, 3.8) is 0 Å². The maximum Gasteiger partial charge on any atom is 0.223 e. The Morgan fingerprint density at radius 1 is 1.19 bits per heavy atom. The summed E-state index contributed by atoms with van der Waals surface area (Å²) in [4.78, 5) is 15.5. The summed E-state index contributed by atoms with van der Waals surface area (Å²) < 4.78 is 11.5. The van der Waals surface area contributed by atoms with E-state index in [1.165, 1.54) is 5.56 Å². The van der Waals surface area contributed by atoms with Crippen molar-refractivity contribution in [2.75, 3.05) is 20.2 Å². The molecule has 2 heterocycles. The van der Waals surface area contributed by atoms with Gasteiger partial charge in [-0.1, -0.05) is 23.7 Å². The van der Waals surface area contributed by atoms with E-state index in [2.05, 4.69) is 36.2 Å². The van der Waals surface area contributed by atoms with Crippen LogP contribution in [0.15, 0.2) is 42.5 Å². The minimum atomic E-state index is -0.348. The quantitative estimate of drug-likeness (QED) is 0.709. The fourth-order valence-corrected chi connectivity index (χ4v) is 4.70. The Morgan fingerprint density at radius 2 is 1.90 bits per heavy atom. The number of piperidine rings is 1. The van der Waals surface area contributed by atoms with Crippen LogP contribution in [-0.2, 0) is 11.3 Å². The zero-order valence-electron chi connectivity index (χ0n) is 18.5. The molecule has 1 amide bonds. The van der Waals surface area contributed by atoms with E-state index in [1.807, 2.05) is 30.3 Å². The Bertz CT molecular complexity index is 921. The van der Waals surface area contributed by atoms with Gasteiger partial charge in [0.15, 0.2) is 0 Å². The molecule has 1 unspecified atom stereocenters. The first kappa shape index (κ1) is 22.0. The lowest BCUT2D eigenvalue weighted by molar-refractivity contribution is -0.127. The largest absolute Gasteiger partial charge is 0.497 e. The molecular formula is C25H31ClN2O3. The van der Waals surface area contributed by atoms with Gasteiger partial charge in [-0.2, -0.15) is 0 Å². The van der Waals surface area contributed by atoms with Crippen LogP contribution in [0.1, 0.15) is 50.3 Å². The van der Waals surface area contributed by atoms with Gasteiger partial charge in [0.1, 0.15) is 17.1 Å². The lowest BCUT2D eigenvalue weighted by Gasteiger charge is -2.39. The molecule has 31 heavy (non-hydrogen) atoms. The van der Waals surface area contributed by atoms with Crippen LogP contribution in [0.25, 0.3) is 0 Å². The number of methoxy groups -OCH3 is 1. The molecule has 1 fully saturated rings. The second-order valence-electron chi connectivity index (χ2n) is 9.21. The number of halogens is 1. The third-order valence-corrected chi connectivity index (χ3v) is 6.52. The molecule has 2 aliphatic rings. The van der Waals surface area contributed by atoms with Gasteiger partial charge in [0.05, 0.1) is 13.2 Å². The van der Waals surface area contributed by atoms with Crippen LogP contribution in [-0.4, -0.2) is 36.6 Å². The lowest BCUT2D eigenvalue weighted by atomic mass is 9.88. The number of nitrogens with one attached hydrogen (secondary N) is 1. The minimum Gasteiger partial charge on any atom is -0.497 e. The van der Waals surface area contributed by atoms with Gasteiger partial charge in [-0.3, -0.25) is 9.69 Å². The highest BCUT2D eigenvalue weighted by Gasteiger charge is 2.36.